The molecule has 1 N–H and O–H groups in total. The zero-order valence-corrected chi connectivity index (χ0v) is 11.0. The summed E-state index contributed by atoms with van der Waals surface area (Å²) in [5.41, 5.74) is 1.62. The van der Waals surface area contributed by atoms with Gasteiger partial charge in [-0.3, -0.25) is 10.1 Å². The Labute approximate surface area is 116 Å². The summed E-state index contributed by atoms with van der Waals surface area (Å²) in [6.45, 7) is 1.95. The molecule has 1 atom stereocenters. The number of benzene rings is 2. The van der Waals surface area contributed by atoms with E-state index < -0.39 is 4.92 Å². The maximum Gasteiger partial charge on any atom is 0.271 e. The number of non-ortho nitro benzene ring substituents is 1. The highest BCUT2D eigenvalue weighted by molar-refractivity contribution is 5.51. The Kier molecular flexibility index (Phi) is 4.30. The van der Waals surface area contributed by atoms with E-state index in [4.69, 9.17) is 0 Å². The van der Waals surface area contributed by atoms with Gasteiger partial charge in [0.25, 0.3) is 5.69 Å². The third kappa shape index (κ3) is 3.78. The molecule has 0 spiro atoms. The van der Waals surface area contributed by atoms with Gasteiger partial charge in [-0.1, -0.05) is 18.2 Å². The normalized spacial score (nSPS) is 11.9. The first kappa shape index (κ1) is 14.0. The summed E-state index contributed by atoms with van der Waals surface area (Å²) in [4.78, 5) is 10.3. The van der Waals surface area contributed by atoms with Crippen molar-refractivity contribution in [3.05, 3.63) is 70.0 Å². The van der Waals surface area contributed by atoms with E-state index >= 15 is 0 Å². The lowest BCUT2D eigenvalue weighted by atomic mass is 10.1. The van der Waals surface area contributed by atoms with Gasteiger partial charge >= 0.3 is 0 Å². The number of halogens is 1. The van der Waals surface area contributed by atoms with Gasteiger partial charge in [-0.2, -0.15) is 0 Å². The molecule has 2 aromatic rings. The maximum atomic E-state index is 13.1. The number of hydrogen-bond donors (Lipinski definition) is 1. The van der Waals surface area contributed by atoms with E-state index in [0.717, 1.165) is 5.56 Å². The first-order chi connectivity index (χ1) is 9.54. The van der Waals surface area contributed by atoms with Crippen LogP contribution in [0.5, 0.6) is 0 Å². The Hall–Kier alpha value is -2.43. The highest BCUT2D eigenvalue weighted by atomic mass is 19.1. The molecular weight excluding hydrogens is 259 g/mol. The van der Waals surface area contributed by atoms with Gasteiger partial charge in [0, 0.05) is 23.9 Å². The van der Waals surface area contributed by atoms with Gasteiger partial charge in [0.1, 0.15) is 5.82 Å². The Bertz CT molecular complexity index is 616. The summed E-state index contributed by atoms with van der Waals surface area (Å²) in [6.07, 6.45) is 0.639. The third-order valence-electron chi connectivity index (χ3n) is 2.90. The average molecular weight is 274 g/mol. The Balaban J connectivity index is 2.02. The molecule has 0 radical (unpaired) electrons. The molecule has 4 nitrogen and oxygen atoms in total. The van der Waals surface area contributed by atoms with Gasteiger partial charge < -0.3 is 5.32 Å². The fourth-order valence-electron chi connectivity index (χ4n) is 2.06. The molecule has 2 rings (SSSR count). The Morgan fingerprint density at radius 3 is 2.70 bits per heavy atom. The summed E-state index contributed by atoms with van der Waals surface area (Å²) in [5.74, 6) is -0.259. The first-order valence-electron chi connectivity index (χ1n) is 6.30. The fraction of sp³-hybridized carbons (Fsp3) is 0.200. The molecule has 0 amide bonds. The lowest BCUT2D eigenvalue weighted by Gasteiger charge is -2.15. The highest BCUT2D eigenvalue weighted by Gasteiger charge is 2.08. The average Bonchev–Trinajstić information content (AvgIpc) is 2.38. The van der Waals surface area contributed by atoms with Crippen molar-refractivity contribution in [2.24, 2.45) is 0 Å². The topological polar surface area (TPSA) is 55.2 Å². The predicted octanol–water partition coefficient (Wildman–Crippen LogP) is 3.78. The van der Waals surface area contributed by atoms with Crippen LogP contribution in [0.15, 0.2) is 48.5 Å². The van der Waals surface area contributed by atoms with Crippen LogP contribution in [-0.2, 0) is 6.42 Å². The van der Waals surface area contributed by atoms with E-state index in [9.17, 15) is 14.5 Å². The monoisotopic (exact) mass is 274 g/mol. The predicted molar refractivity (Wildman–Crippen MR) is 76.3 cm³/mol. The van der Waals surface area contributed by atoms with E-state index in [2.05, 4.69) is 5.32 Å². The minimum Gasteiger partial charge on any atom is -0.382 e. The third-order valence-corrected chi connectivity index (χ3v) is 2.90. The van der Waals surface area contributed by atoms with Crippen molar-refractivity contribution >= 4 is 11.4 Å². The van der Waals surface area contributed by atoms with Gasteiger partial charge in [-0.25, -0.2) is 4.39 Å². The van der Waals surface area contributed by atoms with Crippen molar-refractivity contribution in [2.75, 3.05) is 5.32 Å². The van der Waals surface area contributed by atoms with Crippen molar-refractivity contribution in [1.82, 2.24) is 0 Å². The number of nitro groups is 1. The van der Waals surface area contributed by atoms with Crippen LogP contribution in [-0.4, -0.2) is 11.0 Å². The molecule has 0 saturated heterocycles. The molecule has 0 heterocycles. The smallest absolute Gasteiger partial charge is 0.271 e. The zero-order chi connectivity index (χ0) is 14.5. The number of nitrogens with one attached hydrogen (secondary N) is 1. The highest BCUT2D eigenvalue weighted by Crippen LogP contribution is 2.18. The van der Waals surface area contributed by atoms with Crippen molar-refractivity contribution in [3.8, 4) is 0 Å². The SMILES string of the molecule is CC(Cc1cccc(F)c1)Nc1cccc([N+](=O)[O-])c1. The molecule has 20 heavy (non-hydrogen) atoms. The number of nitro benzene ring substituents is 1. The minimum atomic E-state index is -0.428. The van der Waals surface area contributed by atoms with Crippen LogP contribution in [0.25, 0.3) is 0 Å². The van der Waals surface area contributed by atoms with Crippen molar-refractivity contribution in [1.29, 1.82) is 0 Å². The second kappa shape index (κ2) is 6.14. The summed E-state index contributed by atoms with van der Waals surface area (Å²) < 4.78 is 13.1. The second-order valence-corrected chi connectivity index (χ2v) is 4.69. The molecule has 0 aromatic heterocycles. The van der Waals surface area contributed by atoms with Crippen LogP contribution >= 0.6 is 0 Å². The molecule has 0 saturated carbocycles. The number of anilines is 1. The molecule has 0 aliphatic heterocycles. The zero-order valence-electron chi connectivity index (χ0n) is 11.0. The van der Waals surface area contributed by atoms with E-state index in [1.165, 1.54) is 24.3 Å². The molecule has 0 fully saturated rings. The molecular formula is C15H15FN2O2. The molecule has 5 heteroatoms. The Morgan fingerprint density at radius 2 is 2.00 bits per heavy atom. The van der Waals surface area contributed by atoms with E-state index in [1.807, 2.05) is 13.0 Å². The molecule has 0 aliphatic carbocycles. The van der Waals surface area contributed by atoms with Crippen LogP contribution in [0.1, 0.15) is 12.5 Å². The van der Waals surface area contributed by atoms with Crippen molar-refractivity contribution < 1.29 is 9.31 Å². The lowest BCUT2D eigenvalue weighted by Crippen LogP contribution is -2.18. The maximum absolute atomic E-state index is 13.1. The molecule has 0 aliphatic rings. The molecule has 2 aromatic carbocycles. The number of nitrogens with zero attached hydrogens (tertiary/aromatic N) is 1. The minimum absolute atomic E-state index is 0.0406. The molecule has 104 valence electrons. The van der Waals surface area contributed by atoms with Gasteiger partial charge in [-0.15, -0.1) is 0 Å². The standard InChI is InChI=1S/C15H15FN2O2/c1-11(8-12-4-2-5-13(16)9-12)17-14-6-3-7-15(10-14)18(19)20/h2-7,9-11,17H,8H2,1H3. The quantitative estimate of drug-likeness (QED) is 0.667. The summed E-state index contributed by atoms with van der Waals surface area (Å²) in [6, 6.07) is 12.8. The van der Waals surface area contributed by atoms with E-state index in [-0.39, 0.29) is 17.5 Å². The van der Waals surface area contributed by atoms with Gasteiger partial charge in [0.2, 0.25) is 0 Å². The lowest BCUT2D eigenvalue weighted by molar-refractivity contribution is -0.384. The van der Waals surface area contributed by atoms with E-state index in [1.54, 1.807) is 18.2 Å². The fourth-order valence-corrected chi connectivity index (χ4v) is 2.06. The van der Waals surface area contributed by atoms with Crippen molar-refractivity contribution in [2.45, 2.75) is 19.4 Å². The van der Waals surface area contributed by atoms with Crippen LogP contribution in [0.4, 0.5) is 15.8 Å². The van der Waals surface area contributed by atoms with Crippen molar-refractivity contribution in [3.63, 3.8) is 0 Å². The van der Waals surface area contributed by atoms with Crippen LogP contribution in [0.2, 0.25) is 0 Å². The summed E-state index contributed by atoms with van der Waals surface area (Å²) in [5, 5.41) is 13.9. The van der Waals surface area contributed by atoms with Gasteiger partial charge in [-0.05, 0) is 37.1 Å². The van der Waals surface area contributed by atoms with Crippen LogP contribution in [0.3, 0.4) is 0 Å². The summed E-state index contributed by atoms with van der Waals surface area (Å²) in [7, 11) is 0. The largest absolute Gasteiger partial charge is 0.382 e. The number of rotatable bonds is 5. The Morgan fingerprint density at radius 1 is 1.25 bits per heavy atom. The summed E-state index contributed by atoms with van der Waals surface area (Å²) >= 11 is 0. The number of hydrogen-bond acceptors (Lipinski definition) is 3. The first-order valence-corrected chi connectivity index (χ1v) is 6.30. The molecule has 0 bridgehead atoms. The molecule has 1 unspecified atom stereocenters. The van der Waals surface area contributed by atoms with Gasteiger partial charge in [0.05, 0.1) is 4.92 Å². The van der Waals surface area contributed by atoms with Crippen LogP contribution in [0, 0.1) is 15.9 Å². The van der Waals surface area contributed by atoms with Crippen LogP contribution < -0.4 is 5.32 Å². The second-order valence-electron chi connectivity index (χ2n) is 4.69. The van der Waals surface area contributed by atoms with E-state index in [0.29, 0.717) is 12.1 Å². The van der Waals surface area contributed by atoms with Gasteiger partial charge in [0.15, 0.2) is 0 Å².